The zero-order valence-electron chi connectivity index (χ0n) is 10.3. The van der Waals surface area contributed by atoms with Gasteiger partial charge in [0, 0.05) is 0 Å². The van der Waals surface area contributed by atoms with Crippen molar-refractivity contribution in [2.75, 3.05) is 0 Å². The van der Waals surface area contributed by atoms with Crippen LogP contribution < -0.4 is 4.74 Å². The van der Waals surface area contributed by atoms with Crippen LogP contribution in [-0.2, 0) is 6.61 Å². The maximum absolute atomic E-state index is 13.1. The average Bonchev–Trinajstić information content (AvgIpc) is 2.40. The number of benzene rings is 2. The molecule has 2 aromatic rings. The maximum atomic E-state index is 13.1. The third-order valence-corrected chi connectivity index (χ3v) is 3.25. The fourth-order valence-electron chi connectivity index (χ4n) is 1.67. The average molecular weight is 323 g/mol. The Hall–Kier alpha value is -1.68. The normalized spacial score (nSPS) is 10.3. The number of rotatable bonds is 4. The van der Waals surface area contributed by atoms with Crippen molar-refractivity contribution < 1.29 is 13.9 Å². The van der Waals surface area contributed by atoms with E-state index in [1.165, 1.54) is 13.0 Å². The fourth-order valence-corrected chi connectivity index (χ4v) is 2.10. The molecule has 19 heavy (non-hydrogen) atoms. The van der Waals surface area contributed by atoms with Gasteiger partial charge in [-0.3, -0.25) is 4.79 Å². The predicted octanol–water partition coefficient (Wildman–Crippen LogP) is 4.37. The predicted molar refractivity (Wildman–Crippen MR) is 74.9 cm³/mol. The number of Topliss-reactive ketones (excluding diaryl/α,β-unsaturated/α-hetero) is 1. The van der Waals surface area contributed by atoms with Gasteiger partial charge in [-0.15, -0.1) is 0 Å². The zero-order chi connectivity index (χ0) is 13.8. The van der Waals surface area contributed by atoms with Gasteiger partial charge < -0.3 is 4.74 Å². The standard InChI is InChI=1S/C15H12BrFO2/c1-10(18)12-4-2-3-5-15(12)19-9-11-6-7-14(17)13(16)8-11/h2-8H,9H2,1H3. The first kappa shape index (κ1) is 13.7. The number of carbonyl (C=O) groups is 1. The molecule has 0 bridgehead atoms. The number of ether oxygens (including phenoxy) is 1. The van der Waals surface area contributed by atoms with E-state index in [-0.39, 0.29) is 18.2 Å². The van der Waals surface area contributed by atoms with Crippen molar-refractivity contribution in [2.45, 2.75) is 13.5 Å². The van der Waals surface area contributed by atoms with Crippen molar-refractivity contribution in [1.82, 2.24) is 0 Å². The quantitative estimate of drug-likeness (QED) is 0.781. The summed E-state index contributed by atoms with van der Waals surface area (Å²) in [6, 6.07) is 11.7. The van der Waals surface area contributed by atoms with Crippen molar-refractivity contribution in [3.05, 3.63) is 63.9 Å². The molecule has 0 unspecified atom stereocenters. The first-order valence-corrected chi connectivity index (χ1v) is 6.54. The van der Waals surface area contributed by atoms with Gasteiger partial charge in [0.25, 0.3) is 0 Å². The summed E-state index contributed by atoms with van der Waals surface area (Å²) >= 11 is 3.13. The van der Waals surface area contributed by atoms with E-state index in [2.05, 4.69) is 15.9 Å². The van der Waals surface area contributed by atoms with Gasteiger partial charge in [-0.05, 0) is 52.7 Å². The minimum atomic E-state index is -0.312. The number of hydrogen-bond acceptors (Lipinski definition) is 2. The highest BCUT2D eigenvalue weighted by Crippen LogP contribution is 2.21. The van der Waals surface area contributed by atoms with Crippen molar-refractivity contribution >= 4 is 21.7 Å². The highest BCUT2D eigenvalue weighted by atomic mass is 79.9. The first-order valence-electron chi connectivity index (χ1n) is 5.74. The summed E-state index contributed by atoms with van der Waals surface area (Å²) in [5.41, 5.74) is 1.37. The monoisotopic (exact) mass is 322 g/mol. The molecule has 0 aliphatic heterocycles. The Morgan fingerprint density at radius 2 is 2.00 bits per heavy atom. The van der Waals surface area contributed by atoms with Crippen molar-refractivity contribution in [1.29, 1.82) is 0 Å². The summed E-state index contributed by atoms with van der Waals surface area (Å²) in [6.45, 7) is 1.78. The summed E-state index contributed by atoms with van der Waals surface area (Å²) in [7, 11) is 0. The highest BCUT2D eigenvalue weighted by Gasteiger charge is 2.08. The van der Waals surface area contributed by atoms with Crippen LogP contribution in [-0.4, -0.2) is 5.78 Å². The Morgan fingerprint density at radius 1 is 1.26 bits per heavy atom. The Kier molecular flexibility index (Phi) is 4.32. The molecule has 0 N–H and O–H groups in total. The van der Waals surface area contributed by atoms with Gasteiger partial charge in [0.15, 0.2) is 5.78 Å². The summed E-state index contributed by atoms with van der Waals surface area (Å²) in [5, 5.41) is 0. The Bertz CT molecular complexity index is 611. The van der Waals surface area contributed by atoms with Gasteiger partial charge in [-0.25, -0.2) is 4.39 Å². The van der Waals surface area contributed by atoms with Crippen molar-refractivity contribution in [3.8, 4) is 5.75 Å². The van der Waals surface area contributed by atoms with Gasteiger partial charge in [-0.2, -0.15) is 0 Å². The molecule has 0 saturated heterocycles. The molecule has 0 amide bonds. The molecule has 0 spiro atoms. The molecule has 98 valence electrons. The van der Waals surface area contributed by atoms with Crippen LogP contribution in [0.4, 0.5) is 4.39 Å². The van der Waals surface area contributed by atoms with E-state index in [0.717, 1.165) is 5.56 Å². The van der Waals surface area contributed by atoms with Crippen LogP contribution in [0.25, 0.3) is 0 Å². The molecular weight excluding hydrogens is 311 g/mol. The van der Waals surface area contributed by atoms with E-state index in [4.69, 9.17) is 4.74 Å². The molecule has 0 heterocycles. The Balaban J connectivity index is 2.14. The van der Waals surface area contributed by atoms with Gasteiger partial charge in [0.05, 0.1) is 10.0 Å². The van der Waals surface area contributed by atoms with Crippen molar-refractivity contribution in [2.24, 2.45) is 0 Å². The smallest absolute Gasteiger partial charge is 0.163 e. The fraction of sp³-hybridized carbons (Fsp3) is 0.133. The van der Waals surface area contributed by atoms with Crippen LogP contribution in [0.3, 0.4) is 0 Å². The molecule has 0 atom stereocenters. The molecule has 0 aliphatic rings. The van der Waals surface area contributed by atoms with Gasteiger partial charge in [0.1, 0.15) is 18.2 Å². The summed E-state index contributed by atoms with van der Waals surface area (Å²) in [5.74, 6) is 0.180. The number of para-hydroxylation sites is 1. The lowest BCUT2D eigenvalue weighted by Crippen LogP contribution is -2.01. The largest absolute Gasteiger partial charge is 0.488 e. The number of carbonyl (C=O) groups excluding carboxylic acids is 1. The molecule has 2 nitrogen and oxygen atoms in total. The highest BCUT2D eigenvalue weighted by molar-refractivity contribution is 9.10. The van der Waals surface area contributed by atoms with E-state index < -0.39 is 0 Å². The van der Waals surface area contributed by atoms with E-state index in [9.17, 15) is 9.18 Å². The SMILES string of the molecule is CC(=O)c1ccccc1OCc1ccc(F)c(Br)c1. The van der Waals surface area contributed by atoms with Gasteiger partial charge in [-0.1, -0.05) is 18.2 Å². The Labute approximate surface area is 119 Å². The van der Waals surface area contributed by atoms with Crippen LogP contribution in [0.5, 0.6) is 5.75 Å². The van der Waals surface area contributed by atoms with Crippen LogP contribution in [0, 0.1) is 5.82 Å². The molecule has 0 fully saturated rings. The molecule has 2 aromatic carbocycles. The molecule has 0 radical (unpaired) electrons. The van der Waals surface area contributed by atoms with E-state index in [1.54, 1.807) is 30.3 Å². The van der Waals surface area contributed by atoms with Gasteiger partial charge >= 0.3 is 0 Å². The lowest BCUT2D eigenvalue weighted by molar-refractivity contribution is 0.101. The van der Waals surface area contributed by atoms with E-state index in [0.29, 0.717) is 15.8 Å². The minimum Gasteiger partial charge on any atom is -0.488 e. The second-order valence-electron chi connectivity index (χ2n) is 4.09. The summed E-state index contributed by atoms with van der Waals surface area (Å²) < 4.78 is 19.1. The summed E-state index contributed by atoms with van der Waals surface area (Å²) in [4.78, 5) is 11.4. The van der Waals surface area contributed by atoms with Crippen molar-refractivity contribution in [3.63, 3.8) is 0 Å². The lowest BCUT2D eigenvalue weighted by Gasteiger charge is -2.10. The molecule has 0 saturated carbocycles. The second-order valence-corrected chi connectivity index (χ2v) is 4.94. The minimum absolute atomic E-state index is 0.0455. The van der Waals surface area contributed by atoms with Crippen LogP contribution in [0.15, 0.2) is 46.9 Å². The molecule has 4 heteroatoms. The number of hydrogen-bond donors (Lipinski definition) is 0. The number of halogens is 2. The second kappa shape index (κ2) is 5.97. The zero-order valence-corrected chi connectivity index (χ0v) is 11.9. The third kappa shape index (κ3) is 3.41. The van der Waals surface area contributed by atoms with Gasteiger partial charge in [0.2, 0.25) is 0 Å². The maximum Gasteiger partial charge on any atom is 0.163 e. The first-order chi connectivity index (χ1) is 9.08. The van der Waals surface area contributed by atoms with E-state index >= 15 is 0 Å². The summed E-state index contributed by atoms with van der Waals surface area (Å²) in [6.07, 6.45) is 0. The van der Waals surface area contributed by atoms with Crippen LogP contribution in [0.2, 0.25) is 0 Å². The topological polar surface area (TPSA) is 26.3 Å². The van der Waals surface area contributed by atoms with Crippen LogP contribution in [0.1, 0.15) is 22.8 Å². The van der Waals surface area contributed by atoms with Crippen LogP contribution >= 0.6 is 15.9 Å². The molecular formula is C15H12BrFO2. The molecule has 2 rings (SSSR count). The number of ketones is 1. The lowest BCUT2D eigenvalue weighted by atomic mass is 10.1. The van der Waals surface area contributed by atoms with E-state index in [1.807, 2.05) is 6.07 Å². The molecule has 0 aromatic heterocycles. The Morgan fingerprint density at radius 3 is 2.68 bits per heavy atom. The third-order valence-electron chi connectivity index (χ3n) is 2.64. The molecule has 0 aliphatic carbocycles.